The lowest BCUT2D eigenvalue weighted by molar-refractivity contribution is 0.320. The summed E-state index contributed by atoms with van der Waals surface area (Å²) in [5.41, 5.74) is 1.09. The van der Waals surface area contributed by atoms with E-state index in [1.54, 1.807) is 23.7 Å². The van der Waals surface area contributed by atoms with Crippen molar-refractivity contribution in [3.63, 3.8) is 0 Å². The van der Waals surface area contributed by atoms with Gasteiger partial charge in [-0.2, -0.15) is 0 Å². The van der Waals surface area contributed by atoms with Crippen LogP contribution in [0.5, 0.6) is 5.75 Å². The number of nitrogens with zero attached hydrogens (tertiary/aromatic N) is 3. The van der Waals surface area contributed by atoms with Crippen LogP contribution in [0.4, 0.5) is 0 Å². The molecule has 0 aliphatic heterocycles. The van der Waals surface area contributed by atoms with Crippen LogP contribution < -0.4 is 15.4 Å². The molecule has 0 spiro atoms. The molecule has 0 saturated carbocycles. The SMILES string of the molecule is CCNC(=NCc1nc(C)c(C)s1)NCCOc1cccnc1.I. The normalized spacial score (nSPS) is 10.9. The Morgan fingerprint density at radius 2 is 2.17 bits per heavy atom. The maximum absolute atomic E-state index is 5.60. The first kappa shape index (κ1) is 20.6. The predicted molar refractivity (Wildman–Crippen MR) is 110 cm³/mol. The number of nitrogens with one attached hydrogen (secondary N) is 2. The number of hydrogen-bond acceptors (Lipinski definition) is 5. The van der Waals surface area contributed by atoms with E-state index in [1.165, 1.54) is 4.88 Å². The van der Waals surface area contributed by atoms with Crippen molar-refractivity contribution in [2.24, 2.45) is 4.99 Å². The topological polar surface area (TPSA) is 71.4 Å². The van der Waals surface area contributed by atoms with E-state index in [-0.39, 0.29) is 24.0 Å². The van der Waals surface area contributed by atoms with Crippen LogP contribution in [0.2, 0.25) is 0 Å². The summed E-state index contributed by atoms with van der Waals surface area (Å²) in [6.07, 6.45) is 3.43. The monoisotopic (exact) mass is 461 g/mol. The zero-order valence-corrected chi connectivity index (χ0v) is 17.4. The number of hydrogen-bond donors (Lipinski definition) is 2. The second-order valence-corrected chi connectivity index (χ2v) is 6.20. The Bertz CT molecular complexity index is 613. The number of ether oxygens (including phenoxy) is 1. The van der Waals surface area contributed by atoms with Gasteiger partial charge in [0.25, 0.3) is 0 Å². The molecule has 0 aliphatic carbocycles. The van der Waals surface area contributed by atoms with Gasteiger partial charge in [-0.15, -0.1) is 35.3 Å². The summed E-state index contributed by atoms with van der Waals surface area (Å²) in [6.45, 7) is 8.75. The van der Waals surface area contributed by atoms with Crippen molar-refractivity contribution in [2.75, 3.05) is 19.7 Å². The van der Waals surface area contributed by atoms with Gasteiger partial charge in [-0.3, -0.25) is 4.98 Å². The summed E-state index contributed by atoms with van der Waals surface area (Å²) in [7, 11) is 0. The standard InChI is InChI=1S/C16H23N5OS.HI/c1-4-18-16(20-11-15-21-12(2)13(3)23-15)19-8-9-22-14-6-5-7-17-10-14;/h5-7,10H,4,8-9,11H2,1-3H3,(H2,18,19,20);1H. The van der Waals surface area contributed by atoms with E-state index in [1.807, 2.05) is 26.0 Å². The van der Waals surface area contributed by atoms with Crippen molar-refractivity contribution in [2.45, 2.75) is 27.3 Å². The quantitative estimate of drug-likeness (QED) is 0.287. The van der Waals surface area contributed by atoms with Gasteiger partial charge < -0.3 is 15.4 Å². The Labute approximate surface area is 164 Å². The lowest BCUT2D eigenvalue weighted by Gasteiger charge is -2.11. The maximum Gasteiger partial charge on any atom is 0.191 e. The number of halogens is 1. The molecule has 0 aromatic carbocycles. The fourth-order valence-electron chi connectivity index (χ4n) is 1.87. The number of aryl methyl sites for hydroxylation is 2. The molecule has 0 radical (unpaired) electrons. The minimum Gasteiger partial charge on any atom is -0.490 e. The van der Waals surface area contributed by atoms with Gasteiger partial charge in [0, 0.05) is 17.6 Å². The van der Waals surface area contributed by atoms with Gasteiger partial charge in [-0.1, -0.05) is 0 Å². The highest BCUT2D eigenvalue weighted by Crippen LogP contribution is 2.16. The van der Waals surface area contributed by atoms with Gasteiger partial charge in [0.05, 0.1) is 25.0 Å². The van der Waals surface area contributed by atoms with E-state index in [4.69, 9.17) is 4.74 Å². The lowest BCUT2D eigenvalue weighted by Crippen LogP contribution is -2.39. The first-order valence-electron chi connectivity index (χ1n) is 7.67. The third-order valence-electron chi connectivity index (χ3n) is 3.09. The summed E-state index contributed by atoms with van der Waals surface area (Å²) in [5.74, 6) is 1.54. The van der Waals surface area contributed by atoms with Crippen molar-refractivity contribution in [1.29, 1.82) is 0 Å². The molecule has 2 heterocycles. The second-order valence-electron chi connectivity index (χ2n) is 4.91. The van der Waals surface area contributed by atoms with Crippen LogP contribution >= 0.6 is 35.3 Å². The molecule has 0 saturated heterocycles. The molecule has 132 valence electrons. The first-order valence-corrected chi connectivity index (χ1v) is 8.48. The molecule has 6 nitrogen and oxygen atoms in total. The molecule has 2 aromatic heterocycles. The molecule has 0 aliphatic rings. The molecule has 0 atom stereocenters. The number of thiazole rings is 1. The Morgan fingerprint density at radius 3 is 2.79 bits per heavy atom. The van der Waals surface area contributed by atoms with Gasteiger partial charge in [-0.05, 0) is 32.9 Å². The number of aliphatic imine (C=N–C) groups is 1. The van der Waals surface area contributed by atoms with E-state index in [0.717, 1.165) is 29.0 Å². The van der Waals surface area contributed by atoms with Crippen LogP contribution in [0, 0.1) is 13.8 Å². The van der Waals surface area contributed by atoms with Crippen molar-refractivity contribution >= 4 is 41.3 Å². The molecular weight excluding hydrogens is 437 g/mol. The van der Waals surface area contributed by atoms with Gasteiger partial charge in [0.15, 0.2) is 5.96 Å². The molecule has 8 heteroatoms. The summed E-state index contributed by atoms with van der Waals surface area (Å²) in [5, 5.41) is 7.51. The highest BCUT2D eigenvalue weighted by Gasteiger charge is 2.03. The fraction of sp³-hybridized carbons (Fsp3) is 0.438. The van der Waals surface area contributed by atoms with E-state index in [9.17, 15) is 0 Å². The minimum atomic E-state index is 0. The molecule has 0 bridgehead atoms. The Hall–Kier alpha value is -1.42. The van der Waals surface area contributed by atoms with Crippen LogP contribution in [-0.4, -0.2) is 35.6 Å². The third kappa shape index (κ3) is 7.00. The van der Waals surface area contributed by atoms with E-state index >= 15 is 0 Å². The van der Waals surface area contributed by atoms with Gasteiger partial charge in [-0.25, -0.2) is 9.98 Å². The summed E-state index contributed by atoms with van der Waals surface area (Å²) in [6, 6.07) is 3.74. The Kier molecular flexibility index (Phi) is 9.62. The molecule has 2 N–H and O–H groups in total. The molecule has 0 fully saturated rings. The summed E-state index contributed by atoms with van der Waals surface area (Å²) in [4.78, 5) is 14.3. The minimum absolute atomic E-state index is 0. The van der Waals surface area contributed by atoms with E-state index in [2.05, 4.69) is 32.5 Å². The number of rotatable bonds is 7. The molecule has 2 aromatic rings. The Balaban J connectivity index is 0.00000288. The van der Waals surface area contributed by atoms with Crippen LogP contribution in [0.3, 0.4) is 0 Å². The molecule has 2 rings (SSSR count). The van der Waals surface area contributed by atoms with Crippen LogP contribution in [0.15, 0.2) is 29.5 Å². The van der Waals surface area contributed by atoms with Crippen LogP contribution in [0.1, 0.15) is 22.5 Å². The summed E-state index contributed by atoms with van der Waals surface area (Å²) < 4.78 is 5.60. The van der Waals surface area contributed by atoms with Gasteiger partial charge >= 0.3 is 0 Å². The third-order valence-corrected chi connectivity index (χ3v) is 4.14. The molecule has 24 heavy (non-hydrogen) atoms. The second kappa shape index (κ2) is 11.2. The van der Waals surface area contributed by atoms with Crippen molar-refractivity contribution in [3.05, 3.63) is 40.1 Å². The smallest absolute Gasteiger partial charge is 0.191 e. The lowest BCUT2D eigenvalue weighted by atomic mass is 10.4. The maximum atomic E-state index is 5.60. The highest BCUT2D eigenvalue weighted by atomic mass is 127. The average Bonchev–Trinajstić information content (AvgIpc) is 2.88. The molecule has 0 amide bonds. The van der Waals surface area contributed by atoms with E-state index < -0.39 is 0 Å². The highest BCUT2D eigenvalue weighted by molar-refractivity contribution is 14.0. The number of guanidine groups is 1. The first-order chi connectivity index (χ1) is 11.2. The zero-order chi connectivity index (χ0) is 16.5. The van der Waals surface area contributed by atoms with Gasteiger partial charge in [0.2, 0.25) is 0 Å². The average molecular weight is 461 g/mol. The van der Waals surface area contributed by atoms with Crippen molar-refractivity contribution in [3.8, 4) is 5.75 Å². The van der Waals surface area contributed by atoms with Crippen LogP contribution in [-0.2, 0) is 6.54 Å². The van der Waals surface area contributed by atoms with E-state index in [0.29, 0.717) is 19.7 Å². The largest absolute Gasteiger partial charge is 0.490 e. The predicted octanol–water partition coefficient (Wildman–Crippen LogP) is 2.91. The van der Waals surface area contributed by atoms with Crippen molar-refractivity contribution < 1.29 is 4.74 Å². The number of pyridine rings is 1. The number of aromatic nitrogens is 2. The fourth-order valence-corrected chi connectivity index (χ4v) is 2.72. The van der Waals surface area contributed by atoms with Crippen molar-refractivity contribution in [1.82, 2.24) is 20.6 Å². The zero-order valence-electron chi connectivity index (χ0n) is 14.2. The summed E-state index contributed by atoms with van der Waals surface area (Å²) >= 11 is 1.69. The molecule has 0 unspecified atom stereocenters. The van der Waals surface area contributed by atoms with Crippen LogP contribution in [0.25, 0.3) is 0 Å². The van der Waals surface area contributed by atoms with Gasteiger partial charge in [0.1, 0.15) is 17.4 Å². The molecular formula is C16H24IN5OS. The Morgan fingerprint density at radius 1 is 1.33 bits per heavy atom.